The van der Waals surface area contributed by atoms with Crippen molar-refractivity contribution in [2.24, 2.45) is 0 Å². The molecule has 0 unspecified atom stereocenters. The zero-order valence-corrected chi connectivity index (χ0v) is 8.66. The Labute approximate surface area is 90.9 Å². The summed E-state index contributed by atoms with van der Waals surface area (Å²) in [6.07, 6.45) is 2.74. The predicted molar refractivity (Wildman–Crippen MR) is 53.8 cm³/mol. The van der Waals surface area contributed by atoms with Gasteiger partial charge in [-0.05, 0) is 6.07 Å². The van der Waals surface area contributed by atoms with Gasteiger partial charge < -0.3 is 10.0 Å². The van der Waals surface area contributed by atoms with Gasteiger partial charge in [0.1, 0.15) is 13.1 Å². The van der Waals surface area contributed by atoms with Crippen LogP contribution < -0.4 is 5.69 Å². The van der Waals surface area contributed by atoms with Gasteiger partial charge in [0.2, 0.25) is 5.91 Å². The normalized spacial score (nSPS) is 9.81. The molecule has 1 rings (SSSR count). The molecule has 7 nitrogen and oxygen atoms in total. The number of likely N-dealkylation sites (N-methyl/N-ethyl adjacent to an activating group) is 1. The van der Waals surface area contributed by atoms with Crippen LogP contribution in [0.4, 0.5) is 0 Å². The lowest BCUT2D eigenvalue weighted by Gasteiger charge is -2.14. The summed E-state index contributed by atoms with van der Waals surface area (Å²) in [5, 5.41) is 8.48. The van der Waals surface area contributed by atoms with Crippen LogP contribution >= 0.6 is 0 Å². The van der Waals surface area contributed by atoms with Crippen LogP contribution in [0.2, 0.25) is 0 Å². The highest BCUT2D eigenvalue weighted by Crippen LogP contribution is 1.88. The fourth-order valence-electron chi connectivity index (χ4n) is 1.06. The molecule has 0 saturated carbocycles. The Kier molecular flexibility index (Phi) is 3.76. The van der Waals surface area contributed by atoms with Crippen LogP contribution in [-0.2, 0) is 16.1 Å². The molecule has 16 heavy (non-hydrogen) atoms. The number of nitrogens with zero attached hydrogens (tertiary/aromatic N) is 3. The Morgan fingerprint density at radius 1 is 1.56 bits per heavy atom. The molecule has 0 atom stereocenters. The third kappa shape index (κ3) is 3.19. The third-order valence-corrected chi connectivity index (χ3v) is 1.89. The summed E-state index contributed by atoms with van der Waals surface area (Å²) >= 11 is 0. The first kappa shape index (κ1) is 11.9. The fourth-order valence-corrected chi connectivity index (χ4v) is 1.06. The number of aliphatic carboxylic acids is 1. The smallest absolute Gasteiger partial charge is 0.347 e. The van der Waals surface area contributed by atoms with E-state index in [-0.39, 0.29) is 6.54 Å². The van der Waals surface area contributed by atoms with Crippen LogP contribution in [0.25, 0.3) is 0 Å². The van der Waals surface area contributed by atoms with Gasteiger partial charge in [-0.1, -0.05) is 0 Å². The van der Waals surface area contributed by atoms with Gasteiger partial charge in [0.25, 0.3) is 0 Å². The summed E-state index contributed by atoms with van der Waals surface area (Å²) < 4.78 is 1.11. The van der Waals surface area contributed by atoms with Crippen LogP contribution in [-0.4, -0.2) is 45.0 Å². The van der Waals surface area contributed by atoms with Gasteiger partial charge >= 0.3 is 11.7 Å². The molecule has 0 bridgehead atoms. The summed E-state index contributed by atoms with van der Waals surface area (Å²) in [5.41, 5.74) is -0.542. The van der Waals surface area contributed by atoms with Crippen molar-refractivity contribution < 1.29 is 14.7 Å². The second kappa shape index (κ2) is 5.06. The number of carboxylic acid groups (broad SMARTS) is 1. The second-order valence-corrected chi connectivity index (χ2v) is 3.17. The van der Waals surface area contributed by atoms with E-state index in [1.807, 2.05) is 0 Å². The molecule has 7 heteroatoms. The van der Waals surface area contributed by atoms with Crippen LogP contribution in [0.3, 0.4) is 0 Å². The Morgan fingerprint density at radius 2 is 2.25 bits per heavy atom. The van der Waals surface area contributed by atoms with Crippen molar-refractivity contribution in [1.82, 2.24) is 14.5 Å². The molecule has 0 spiro atoms. The topological polar surface area (TPSA) is 92.5 Å². The molecule has 86 valence electrons. The van der Waals surface area contributed by atoms with E-state index in [9.17, 15) is 14.4 Å². The number of rotatable bonds is 4. The maximum Gasteiger partial charge on any atom is 0.347 e. The predicted octanol–water partition coefficient (Wildman–Crippen LogP) is -1.21. The molecule has 0 fully saturated rings. The molecule has 0 aromatic carbocycles. The van der Waals surface area contributed by atoms with Crippen molar-refractivity contribution in [1.29, 1.82) is 0 Å². The first-order valence-corrected chi connectivity index (χ1v) is 4.48. The molecule has 1 amide bonds. The van der Waals surface area contributed by atoms with Crippen LogP contribution in [0.15, 0.2) is 23.3 Å². The second-order valence-electron chi connectivity index (χ2n) is 3.17. The summed E-state index contributed by atoms with van der Waals surface area (Å²) in [6.45, 7) is -0.607. The minimum Gasteiger partial charge on any atom is -0.480 e. The summed E-state index contributed by atoms with van der Waals surface area (Å²) in [7, 11) is 1.36. The van der Waals surface area contributed by atoms with E-state index >= 15 is 0 Å². The van der Waals surface area contributed by atoms with Crippen LogP contribution in [0.1, 0.15) is 0 Å². The molecule has 0 aliphatic heterocycles. The summed E-state index contributed by atoms with van der Waals surface area (Å²) in [4.78, 5) is 37.5. The van der Waals surface area contributed by atoms with E-state index < -0.39 is 24.1 Å². The standard InChI is InChI=1S/C9H11N3O4/c1-11(6-8(14)15)7(13)5-12-4-2-3-10-9(12)16/h2-4H,5-6H2,1H3,(H,14,15). The van der Waals surface area contributed by atoms with E-state index in [1.165, 1.54) is 25.5 Å². The third-order valence-electron chi connectivity index (χ3n) is 1.89. The molecule has 0 aliphatic carbocycles. The quantitative estimate of drug-likeness (QED) is 0.693. The molecule has 1 N–H and O–H groups in total. The largest absolute Gasteiger partial charge is 0.480 e. The molecule has 1 aromatic heterocycles. The molecule has 1 aromatic rings. The highest BCUT2D eigenvalue weighted by molar-refractivity contribution is 5.80. The van der Waals surface area contributed by atoms with Gasteiger partial charge in [0.15, 0.2) is 0 Å². The summed E-state index contributed by atoms with van der Waals surface area (Å²) in [5.74, 6) is -1.56. The maximum atomic E-state index is 11.5. The SMILES string of the molecule is CN(CC(=O)O)C(=O)Cn1cccnc1=O. The minimum absolute atomic E-state index is 0.212. The average Bonchev–Trinajstić information content (AvgIpc) is 2.20. The molecule has 0 saturated heterocycles. The van der Waals surface area contributed by atoms with Crippen LogP contribution in [0.5, 0.6) is 0 Å². The van der Waals surface area contributed by atoms with Crippen molar-refractivity contribution in [3.05, 3.63) is 28.9 Å². The number of carbonyl (C=O) groups is 2. The molecular weight excluding hydrogens is 214 g/mol. The lowest BCUT2D eigenvalue weighted by atomic mass is 10.4. The zero-order chi connectivity index (χ0) is 12.1. The van der Waals surface area contributed by atoms with Crippen molar-refractivity contribution in [2.45, 2.75) is 6.54 Å². The zero-order valence-electron chi connectivity index (χ0n) is 8.66. The first-order chi connectivity index (χ1) is 7.50. The monoisotopic (exact) mass is 225 g/mol. The van der Waals surface area contributed by atoms with Gasteiger partial charge in [0, 0.05) is 19.4 Å². The first-order valence-electron chi connectivity index (χ1n) is 4.48. The lowest BCUT2D eigenvalue weighted by Crippen LogP contribution is -2.37. The Bertz CT molecular complexity index is 454. The van der Waals surface area contributed by atoms with E-state index in [2.05, 4.69) is 4.98 Å². The molecule has 0 radical (unpaired) electrons. The fraction of sp³-hybridized carbons (Fsp3) is 0.333. The lowest BCUT2D eigenvalue weighted by molar-refractivity contribution is -0.143. The Hall–Kier alpha value is -2.18. The van der Waals surface area contributed by atoms with Gasteiger partial charge in [-0.25, -0.2) is 9.78 Å². The maximum absolute atomic E-state index is 11.5. The van der Waals surface area contributed by atoms with E-state index in [4.69, 9.17) is 5.11 Å². The highest BCUT2D eigenvalue weighted by Gasteiger charge is 2.12. The number of hydrogen-bond donors (Lipinski definition) is 1. The van der Waals surface area contributed by atoms with Crippen molar-refractivity contribution in [2.75, 3.05) is 13.6 Å². The minimum atomic E-state index is -1.10. The van der Waals surface area contributed by atoms with Crippen molar-refractivity contribution >= 4 is 11.9 Å². The van der Waals surface area contributed by atoms with Gasteiger partial charge in [0.05, 0.1) is 0 Å². The summed E-state index contributed by atoms with van der Waals surface area (Å²) in [6, 6.07) is 1.52. The van der Waals surface area contributed by atoms with Crippen LogP contribution in [0, 0.1) is 0 Å². The van der Waals surface area contributed by atoms with Crippen molar-refractivity contribution in [3.63, 3.8) is 0 Å². The number of amides is 1. The average molecular weight is 225 g/mol. The van der Waals surface area contributed by atoms with Gasteiger partial charge in [-0.2, -0.15) is 0 Å². The highest BCUT2D eigenvalue weighted by atomic mass is 16.4. The number of hydrogen-bond acceptors (Lipinski definition) is 4. The molecule has 1 heterocycles. The van der Waals surface area contributed by atoms with E-state index in [0.717, 1.165) is 9.47 Å². The number of aromatic nitrogens is 2. The van der Waals surface area contributed by atoms with E-state index in [0.29, 0.717) is 0 Å². The number of carboxylic acids is 1. The molecular formula is C9H11N3O4. The molecule has 0 aliphatic rings. The Morgan fingerprint density at radius 3 is 2.81 bits per heavy atom. The van der Waals surface area contributed by atoms with Gasteiger partial charge in [-0.15, -0.1) is 0 Å². The van der Waals surface area contributed by atoms with E-state index in [1.54, 1.807) is 0 Å². The van der Waals surface area contributed by atoms with Crippen molar-refractivity contribution in [3.8, 4) is 0 Å². The Balaban J connectivity index is 2.68. The van der Waals surface area contributed by atoms with Gasteiger partial charge in [-0.3, -0.25) is 14.2 Å². The number of carbonyl (C=O) groups excluding carboxylic acids is 1.